The number of fused-ring (bicyclic) bond motifs is 1. The molecule has 0 radical (unpaired) electrons. The molecule has 5 heteroatoms. The maximum atomic E-state index is 12.9. The van der Waals surface area contributed by atoms with Crippen molar-refractivity contribution < 1.29 is 9.59 Å². The van der Waals surface area contributed by atoms with Gasteiger partial charge in [0.05, 0.1) is 17.0 Å². The van der Waals surface area contributed by atoms with Crippen molar-refractivity contribution in [1.82, 2.24) is 9.55 Å². The SMILES string of the molecule is Cc1ccc(C[C@@H]2CC(=O)N(c3nc4ccccc4n3C)C2=O)cc1. The molecule has 2 heterocycles. The Labute approximate surface area is 145 Å². The average Bonchev–Trinajstić information content (AvgIpc) is 3.07. The van der Waals surface area contributed by atoms with Crippen LogP contribution in [0.1, 0.15) is 17.5 Å². The Kier molecular flexibility index (Phi) is 3.64. The van der Waals surface area contributed by atoms with E-state index in [0.29, 0.717) is 12.4 Å². The molecule has 5 nitrogen and oxygen atoms in total. The number of imidazole rings is 1. The van der Waals surface area contributed by atoms with Gasteiger partial charge in [-0.1, -0.05) is 42.0 Å². The Morgan fingerprint density at radius 3 is 2.52 bits per heavy atom. The zero-order valence-corrected chi connectivity index (χ0v) is 14.3. The second-order valence-electron chi connectivity index (χ2n) is 6.62. The minimum atomic E-state index is -0.324. The van der Waals surface area contributed by atoms with E-state index in [4.69, 9.17) is 0 Å². The molecule has 0 aliphatic carbocycles. The molecule has 0 unspecified atom stereocenters. The number of rotatable bonds is 3. The highest BCUT2D eigenvalue weighted by Gasteiger charge is 2.41. The molecule has 1 aliphatic heterocycles. The first-order valence-corrected chi connectivity index (χ1v) is 8.38. The van der Waals surface area contributed by atoms with Crippen molar-refractivity contribution in [1.29, 1.82) is 0 Å². The first-order chi connectivity index (χ1) is 12.0. The van der Waals surface area contributed by atoms with Crippen molar-refractivity contribution in [2.75, 3.05) is 4.90 Å². The molecule has 1 aliphatic rings. The fourth-order valence-corrected chi connectivity index (χ4v) is 3.41. The fourth-order valence-electron chi connectivity index (χ4n) is 3.41. The second kappa shape index (κ2) is 5.84. The smallest absolute Gasteiger partial charge is 0.240 e. The summed E-state index contributed by atoms with van der Waals surface area (Å²) < 4.78 is 1.80. The van der Waals surface area contributed by atoms with Gasteiger partial charge in [-0.2, -0.15) is 0 Å². The number of hydrogen-bond donors (Lipinski definition) is 0. The van der Waals surface area contributed by atoms with E-state index in [1.54, 1.807) is 4.57 Å². The second-order valence-corrected chi connectivity index (χ2v) is 6.62. The van der Waals surface area contributed by atoms with E-state index >= 15 is 0 Å². The predicted octanol–water partition coefficient (Wildman–Crippen LogP) is 3.00. The lowest BCUT2D eigenvalue weighted by atomic mass is 9.97. The number of carbonyl (C=O) groups excluding carboxylic acids is 2. The molecule has 25 heavy (non-hydrogen) atoms. The average molecular weight is 333 g/mol. The highest BCUT2D eigenvalue weighted by atomic mass is 16.2. The Bertz CT molecular complexity index is 972. The van der Waals surface area contributed by atoms with Crippen LogP contribution in [0.2, 0.25) is 0 Å². The molecule has 2 aromatic carbocycles. The number of amides is 2. The van der Waals surface area contributed by atoms with E-state index in [1.807, 2.05) is 62.5 Å². The number of nitrogens with zero attached hydrogens (tertiary/aromatic N) is 3. The van der Waals surface area contributed by atoms with E-state index in [9.17, 15) is 9.59 Å². The molecule has 0 spiro atoms. The molecular weight excluding hydrogens is 314 g/mol. The van der Waals surface area contributed by atoms with Gasteiger partial charge in [-0.25, -0.2) is 9.88 Å². The molecular formula is C20H19N3O2. The number of aryl methyl sites for hydroxylation is 2. The highest BCUT2D eigenvalue weighted by Crippen LogP contribution is 2.30. The number of carbonyl (C=O) groups is 2. The fraction of sp³-hybridized carbons (Fsp3) is 0.250. The minimum Gasteiger partial charge on any atom is -0.312 e. The van der Waals surface area contributed by atoms with Crippen molar-refractivity contribution in [3.63, 3.8) is 0 Å². The zero-order chi connectivity index (χ0) is 17.6. The Balaban J connectivity index is 1.64. The van der Waals surface area contributed by atoms with E-state index < -0.39 is 0 Å². The van der Waals surface area contributed by atoms with Crippen LogP contribution in [0.4, 0.5) is 5.95 Å². The lowest BCUT2D eigenvalue weighted by Gasteiger charge is -2.14. The standard InChI is InChI=1S/C20H19N3O2/c1-13-7-9-14(10-8-13)11-15-12-18(24)23(19(15)25)20-21-16-5-3-4-6-17(16)22(20)2/h3-10,15H,11-12H2,1-2H3/t15-/m1/s1. The monoisotopic (exact) mass is 333 g/mol. The number of aromatic nitrogens is 2. The maximum absolute atomic E-state index is 12.9. The Hall–Kier alpha value is -2.95. The summed E-state index contributed by atoms with van der Waals surface area (Å²) in [6.07, 6.45) is 0.807. The maximum Gasteiger partial charge on any atom is 0.240 e. The molecule has 1 atom stereocenters. The van der Waals surface area contributed by atoms with Crippen LogP contribution >= 0.6 is 0 Å². The lowest BCUT2D eigenvalue weighted by molar-refractivity contribution is -0.122. The molecule has 2 amide bonds. The number of imide groups is 1. The number of benzene rings is 2. The summed E-state index contributed by atoms with van der Waals surface area (Å²) in [4.78, 5) is 31.1. The summed E-state index contributed by atoms with van der Waals surface area (Å²) in [7, 11) is 1.83. The third kappa shape index (κ3) is 2.61. The van der Waals surface area contributed by atoms with Crippen molar-refractivity contribution in [3.05, 3.63) is 59.7 Å². The Morgan fingerprint density at radius 2 is 1.80 bits per heavy atom. The summed E-state index contributed by atoms with van der Waals surface area (Å²) in [5, 5.41) is 0. The quantitative estimate of drug-likeness (QED) is 0.692. The van der Waals surface area contributed by atoms with Gasteiger partial charge < -0.3 is 4.57 Å². The molecule has 126 valence electrons. The van der Waals surface area contributed by atoms with Crippen molar-refractivity contribution in [2.45, 2.75) is 19.8 Å². The van der Waals surface area contributed by atoms with Gasteiger partial charge in [0, 0.05) is 13.5 Å². The molecule has 4 rings (SSSR count). The number of hydrogen-bond acceptors (Lipinski definition) is 3. The van der Waals surface area contributed by atoms with E-state index in [-0.39, 0.29) is 24.2 Å². The summed E-state index contributed by atoms with van der Waals surface area (Å²) >= 11 is 0. The zero-order valence-electron chi connectivity index (χ0n) is 14.3. The van der Waals surface area contributed by atoms with Crippen molar-refractivity contribution >= 4 is 28.8 Å². The summed E-state index contributed by atoms with van der Waals surface area (Å²) in [6.45, 7) is 2.03. The number of anilines is 1. The van der Waals surface area contributed by atoms with E-state index in [1.165, 1.54) is 10.5 Å². The van der Waals surface area contributed by atoms with Gasteiger partial charge in [-0.15, -0.1) is 0 Å². The third-order valence-corrected chi connectivity index (χ3v) is 4.81. The first kappa shape index (κ1) is 15.6. The minimum absolute atomic E-state index is 0.163. The molecule has 1 saturated heterocycles. The highest BCUT2D eigenvalue weighted by molar-refractivity contribution is 6.20. The summed E-state index contributed by atoms with van der Waals surface area (Å²) in [5.74, 6) is -0.262. The summed E-state index contributed by atoms with van der Waals surface area (Å²) in [6, 6.07) is 15.7. The van der Waals surface area contributed by atoms with E-state index in [0.717, 1.165) is 16.6 Å². The molecule has 1 fully saturated rings. The van der Waals surface area contributed by atoms with Gasteiger partial charge in [0.1, 0.15) is 0 Å². The van der Waals surface area contributed by atoms with Crippen LogP contribution < -0.4 is 4.90 Å². The molecule has 0 N–H and O–H groups in total. The van der Waals surface area contributed by atoms with Gasteiger partial charge >= 0.3 is 0 Å². The van der Waals surface area contributed by atoms with Gasteiger partial charge in [0.15, 0.2) is 0 Å². The van der Waals surface area contributed by atoms with Gasteiger partial charge in [0.25, 0.3) is 0 Å². The molecule has 3 aromatic rings. The molecule has 0 bridgehead atoms. The molecule has 0 saturated carbocycles. The van der Waals surface area contributed by atoms with Gasteiger partial charge in [-0.3, -0.25) is 9.59 Å². The third-order valence-electron chi connectivity index (χ3n) is 4.81. The van der Waals surface area contributed by atoms with Crippen molar-refractivity contribution in [2.24, 2.45) is 13.0 Å². The molecule has 1 aromatic heterocycles. The van der Waals surface area contributed by atoms with Crippen LogP contribution in [0.3, 0.4) is 0 Å². The first-order valence-electron chi connectivity index (χ1n) is 8.38. The van der Waals surface area contributed by atoms with Gasteiger partial charge in [-0.05, 0) is 31.0 Å². The lowest BCUT2D eigenvalue weighted by Crippen LogP contribution is -2.33. The van der Waals surface area contributed by atoms with Crippen LogP contribution in [-0.4, -0.2) is 21.4 Å². The predicted molar refractivity (Wildman–Crippen MR) is 96.2 cm³/mol. The van der Waals surface area contributed by atoms with Gasteiger partial charge in [0.2, 0.25) is 17.8 Å². The van der Waals surface area contributed by atoms with Crippen LogP contribution in [0.15, 0.2) is 48.5 Å². The van der Waals surface area contributed by atoms with Crippen LogP contribution in [0.25, 0.3) is 11.0 Å². The van der Waals surface area contributed by atoms with Crippen molar-refractivity contribution in [3.8, 4) is 0 Å². The van der Waals surface area contributed by atoms with Crippen LogP contribution in [-0.2, 0) is 23.1 Å². The van der Waals surface area contributed by atoms with Crippen LogP contribution in [0.5, 0.6) is 0 Å². The Morgan fingerprint density at radius 1 is 1.08 bits per heavy atom. The largest absolute Gasteiger partial charge is 0.312 e. The topological polar surface area (TPSA) is 55.2 Å². The van der Waals surface area contributed by atoms with Crippen LogP contribution in [0, 0.1) is 12.8 Å². The van der Waals surface area contributed by atoms with E-state index in [2.05, 4.69) is 4.98 Å². The summed E-state index contributed by atoms with van der Waals surface area (Å²) in [5.41, 5.74) is 3.94. The normalized spacial score (nSPS) is 17.7. The number of para-hydroxylation sites is 2.